The Morgan fingerprint density at radius 3 is 2.93 bits per heavy atom. The van der Waals surface area contributed by atoms with Crippen molar-refractivity contribution in [3.8, 4) is 0 Å². The molecule has 0 bridgehead atoms. The van der Waals surface area contributed by atoms with Crippen molar-refractivity contribution in [2.24, 2.45) is 4.99 Å². The van der Waals surface area contributed by atoms with Crippen LogP contribution in [0.5, 0.6) is 0 Å². The lowest BCUT2D eigenvalue weighted by molar-refractivity contribution is -0.130. The predicted octanol–water partition coefficient (Wildman–Crippen LogP) is 0.766. The van der Waals surface area contributed by atoms with E-state index in [2.05, 4.69) is 15.0 Å². The quantitative estimate of drug-likeness (QED) is 0.706. The van der Waals surface area contributed by atoms with Gasteiger partial charge < -0.3 is 0 Å². The van der Waals surface area contributed by atoms with Crippen molar-refractivity contribution in [3.05, 3.63) is 36.6 Å². The second kappa shape index (κ2) is 4.48. The first-order valence-corrected chi connectivity index (χ1v) is 4.25. The van der Waals surface area contributed by atoms with Crippen molar-refractivity contribution in [1.29, 1.82) is 0 Å². The molecule has 14 heavy (non-hydrogen) atoms. The molecular formula is C9H10N4O. The van der Waals surface area contributed by atoms with E-state index >= 15 is 0 Å². The molecule has 0 aromatic carbocycles. The van der Waals surface area contributed by atoms with E-state index in [0.717, 1.165) is 5.56 Å². The summed E-state index contributed by atoms with van der Waals surface area (Å²) in [6.45, 7) is 0.991. The number of aromatic nitrogens is 2. The van der Waals surface area contributed by atoms with E-state index in [4.69, 9.17) is 4.84 Å². The maximum Gasteiger partial charge on any atom is 0.135 e. The maximum atomic E-state index is 5.42. The molecule has 0 atom stereocenters. The zero-order valence-electron chi connectivity index (χ0n) is 7.58. The Balaban J connectivity index is 1.83. The fourth-order valence-corrected chi connectivity index (χ4v) is 1.02. The first-order valence-electron chi connectivity index (χ1n) is 4.25. The van der Waals surface area contributed by atoms with E-state index in [1.54, 1.807) is 23.7 Å². The van der Waals surface area contributed by atoms with Crippen molar-refractivity contribution in [1.82, 2.24) is 15.0 Å². The van der Waals surface area contributed by atoms with Crippen LogP contribution < -0.4 is 0 Å². The smallest absolute Gasteiger partial charge is 0.135 e. The van der Waals surface area contributed by atoms with E-state index < -0.39 is 0 Å². The molecule has 0 spiro atoms. The molecule has 0 unspecified atom stereocenters. The summed E-state index contributed by atoms with van der Waals surface area (Å²) < 4.78 is 0. The van der Waals surface area contributed by atoms with Crippen molar-refractivity contribution >= 4 is 6.21 Å². The summed E-state index contributed by atoms with van der Waals surface area (Å²) in [4.78, 5) is 17.2. The van der Waals surface area contributed by atoms with Crippen LogP contribution in [0.25, 0.3) is 0 Å². The van der Waals surface area contributed by atoms with E-state index in [1.807, 2.05) is 12.3 Å². The molecule has 72 valence electrons. The number of hydrogen-bond acceptors (Lipinski definition) is 5. The van der Waals surface area contributed by atoms with E-state index in [9.17, 15) is 0 Å². The Kier molecular flexibility index (Phi) is 2.82. The second-order valence-electron chi connectivity index (χ2n) is 2.75. The van der Waals surface area contributed by atoms with Gasteiger partial charge in [0.25, 0.3) is 0 Å². The van der Waals surface area contributed by atoms with Gasteiger partial charge in [0.1, 0.15) is 19.6 Å². The molecule has 1 aromatic heterocycles. The minimum atomic E-state index is 0.459. The molecule has 5 heteroatoms. The van der Waals surface area contributed by atoms with Crippen LogP contribution in [0.15, 0.2) is 36.0 Å². The maximum absolute atomic E-state index is 5.42. The summed E-state index contributed by atoms with van der Waals surface area (Å²) in [7, 11) is 0. The molecule has 1 aromatic rings. The molecule has 0 N–H and O–H groups in total. The summed E-state index contributed by atoms with van der Waals surface area (Å²) >= 11 is 0. The summed E-state index contributed by atoms with van der Waals surface area (Å²) in [5.74, 6) is 0. The number of hydroxylamine groups is 2. The molecule has 0 radical (unpaired) electrons. The zero-order chi connectivity index (χ0) is 9.64. The number of nitrogens with zero attached hydrogens (tertiary/aromatic N) is 4. The average Bonchev–Trinajstić information content (AvgIpc) is 2.29. The van der Waals surface area contributed by atoms with Crippen LogP contribution in [0.2, 0.25) is 0 Å². The highest BCUT2D eigenvalue weighted by molar-refractivity contribution is 5.71. The Labute approximate surface area is 81.7 Å². The van der Waals surface area contributed by atoms with Gasteiger partial charge >= 0.3 is 0 Å². The standard InChI is InChI=1S/C9H10N4O/c1-2-10-8-13(3-1)14-6-9-4-11-7-12-5-9/h1-5,7H,6,8H2. The predicted molar refractivity (Wildman–Crippen MR) is 51.2 cm³/mol. The molecule has 0 aliphatic carbocycles. The molecular weight excluding hydrogens is 180 g/mol. The van der Waals surface area contributed by atoms with E-state index in [0.29, 0.717) is 13.3 Å². The highest BCUT2D eigenvalue weighted by Crippen LogP contribution is 2.02. The van der Waals surface area contributed by atoms with Crippen LogP contribution in [0.1, 0.15) is 5.56 Å². The number of aliphatic imine (C=N–C) groups is 1. The third-order valence-electron chi connectivity index (χ3n) is 1.68. The number of allylic oxidation sites excluding steroid dienone is 1. The van der Waals surface area contributed by atoms with Gasteiger partial charge in [0.15, 0.2) is 0 Å². The van der Waals surface area contributed by atoms with Gasteiger partial charge in [0, 0.05) is 30.4 Å². The van der Waals surface area contributed by atoms with Crippen LogP contribution in [-0.2, 0) is 11.4 Å². The summed E-state index contributed by atoms with van der Waals surface area (Å²) in [5, 5.41) is 1.66. The SMILES string of the molecule is C1=CN(OCc2cncnc2)CN=C1. The van der Waals surface area contributed by atoms with Gasteiger partial charge in [-0.15, -0.1) is 0 Å². The molecule has 0 amide bonds. The normalized spacial score (nSPS) is 14.7. The molecule has 1 aliphatic heterocycles. The van der Waals surface area contributed by atoms with Gasteiger partial charge in [0.05, 0.1) is 0 Å². The van der Waals surface area contributed by atoms with Crippen molar-refractivity contribution < 1.29 is 4.84 Å². The average molecular weight is 190 g/mol. The highest BCUT2D eigenvalue weighted by atomic mass is 16.7. The largest absolute Gasteiger partial charge is 0.269 e. The fourth-order valence-electron chi connectivity index (χ4n) is 1.02. The zero-order valence-corrected chi connectivity index (χ0v) is 7.58. The molecule has 2 heterocycles. The minimum absolute atomic E-state index is 0.459. The van der Waals surface area contributed by atoms with E-state index in [-0.39, 0.29) is 0 Å². The Bertz CT molecular complexity index is 336. The van der Waals surface area contributed by atoms with Gasteiger partial charge in [-0.05, 0) is 6.08 Å². The lowest BCUT2D eigenvalue weighted by Crippen LogP contribution is -2.19. The fraction of sp³-hybridized carbons (Fsp3) is 0.222. The Morgan fingerprint density at radius 2 is 2.21 bits per heavy atom. The van der Waals surface area contributed by atoms with Crippen LogP contribution in [0.4, 0.5) is 0 Å². The Hall–Kier alpha value is -1.75. The Morgan fingerprint density at radius 1 is 1.36 bits per heavy atom. The van der Waals surface area contributed by atoms with Crippen molar-refractivity contribution in [2.45, 2.75) is 6.61 Å². The van der Waals surface area contributed by atoms with Gasteiger partial charge in [-0.3, -0.25) is 9.83 Å². The number of rotatable bonds is 3. The van der Waals surface area contributed by atoms with Crippen LogP contribution in [-0.4, -0.2) is 27.9 Å². The summed E-state index contributed by atoms with van der Waals surface area (Å²) in [6, 6.07) is 0. The van der Waals surface area contributed by atoms with Gasteiger partial charge in [-0.1, -0.05) is 0 Å². The molecule has 1 aliphatic rings. The monoisotopic (exact) mass is 190 g/mol. The van der Waals surface area contributed by atoms with Crippen LogP contribution >= 0.6 is 0 Å². The topological polar surface area (TPSA) is 50.6 Å². The van der Waals surface area contributed by atoms with Gasteiger partial charge in [-0.25, -0.2) is 15.0 Å². The lowest BCUT2D eigenvalue weighted by Gasteiger charge is -2.18. The minimum Gasteiger partial charge on any atom is -0.269 e. The molecule has 2 rings (SSSR count). The third kappa shape index (κ3) is 2.37. The number of hydrogen-bond donors (Lipinski definition) is 0. The molecule has 0 saturated carbocycles. The molecule has 5 nitrogen and oxygen atoms in total. The molecule has 0 saturated heterocycles. The lowest BCUT2D eigenvalue weighted by atomic mass is 10.4. The van der Waals surface area contributed by atoms with Crippen LogP contribution in [0, 0.1) is 0 Å². The first-order chi connectivity index (χ1) is 6.95. The van der Waals surface area contributed by atoms with Crippen molar-refractivity contribution in [2.75, 3.05) is 6.67 Å². The third-order valence-corrected chi connectivity index (χ3v) is 1.68. The second-order valence-corrected chi connectivity index (χ2v) is 2.75. The van der Waals surface area contributed by atoms with Gasteiger partial charge in [-0.2, -0.15) is 0 Å². The highest BCUT2D eigenvalue weighted by Gasteiger charge is 2.01. The van der Waals surface area contributed by atoms with Crippen molar-refractivity contribution in [3.63, 3.8) is 0 Å². The summed E-state index contributed by atoms with van der Waals surface area (Å²) in [6.07, 6.45) is 10.3. The summed E-state index contributed by atoms with van der Waals surface area (Å²) in [5.41, 5.74) is 0.940. The van der Waals surface area contributed by atoms with Gasteiger partial charge in [0.2, 0.25) is 0 Å². The molecule has 0 fully saturated rings. The van der Waals surface area contributed by atoms with E-state index in [1.165, 1.54) is 6.33 Å². The first kappa shape index (κ1) is 8.83. The van der Waals surface area contributed by atoms with Crippen LogP contribution in [0.3, 0.4) is 0 Å².